The molecule has 82 valence electrons. The lowest BCUT2D eigenvalue weighted by molar-refractivity contribution is 0.311. The minimum atomic E-state index is 0.219. The molecule has 2 aliphatic rings. The lowest BCUT2D eigenvalue weighted by Gasteiger charge is -2.29. The van der Waals surface area contributed by atoms with Crippen LogP contribution in [0.4, 0.5) is 0 Å². The molecule has 3 nitrogen and oxygen atoms in total. The molecule has 0 aromatic rings. The van der Waals surface area contributed by atoms with E-state index in [0.29, 0.717) is 0 Å². The smallest absolute Gasteiger partial charge is 0.0444 e. The molecule has 3 N–H and O–H groups in total. The highest BCUT2D eigenvalue weighted by atomic mass is 15.2. The monoisotopic (exact) mass is 197 g/mol. The van der Waals surface area contributed by atoms with Crippen LogP contribution in [0.25, 0.3) is 0 Å². The fourth-order valence-electron chi connectivity index (χ4n) is 2.49. The van der Waals surface area contributed by atoms with Gasteiger partial charge in [-0.3, -0.25) is 0 Å². The summed E-state index contributed by atoms with van der Waals surface area (Å²) in [4.78, 5) is 2.37. The van der Waals surface area contributed by atoms with E-state index in [1.54, 1.807) is 0 Å². The van der Waals surface area contributed by atoms with Gasteiger partial charge in [0.15, 0.2) is 0 Å². The Labute approximate surface area is 87.0 Å². The van der Waals surface area contributed by atoms with Crippen molar-refractivity contribution in [1.82, 2.24) is 10.2 Å². The van der Waals surface area contributed by atoms with Gasteiger partial charge in [0, 0.05) is 18.6 Å². The van der Waals surface area contributed by atoms with E-state index in [1.807, 2.05) is 0 Å². The third-order valence-corrected chi connectivity index (χ3v) is 3.95. The number of rotatable bonds is 4. The third-order valence-electron chi connectivity index (χ3n) is 3.95. The summed E-state index contributed by atoms with van der Waals surface area (Å²) in [5, 5.41) is 3.70. The Bertz CT molecular complexity index is 207. The van der Waals surface area contributed by atoms with Crippen molar-refractivity contribution in [3.05, 3.63) is 0 Å². The molecule has 3 unspecified atom stereocenters. The van der Waals surface area contributed by atoms with Crippen LogP contribution in [0, 0.1) is 11.8 Å². The van der Waals surface area contributed by atoms with Gasteiger partial charge >= 0.3 is 0 Å². The zero-order valence-corrected chi connectivity index (χ0v) is 9.42. The molecule has 1 heterocycles. The van der Waals surface area contributed by atoms with Gasteiger partial charge in [0.25, 0.3) is 0 Å². The first-order valence-electron chi connectivity index (χ1n) is 5.79. The zero-order chi connectivity index (χ0) is 10.2. The average molecular weight is 197 g/mol. The average Bonchev–Trinajstić information content (AvgIpc) is 2.74. The molecule has 1 saturated carbocycles. The van der Waals surface area contributed by atoms with Gasteiger partial charge in [-0.05, 0) is 44.8 Å². The number of likely N-dealkylation sites (N-methyl/N-ethyl adjacent to an activating group) is 1. The van der Waals surface area contributed by atoms with E-state index < -0.39 is 0 Å². The predicted octanol–water partition coefficient (Wildman–Crippen LogP) is 0.265. The maximum atomic E-state index is 5.88. The predicted molar refractivity (Wildman–Crippen MR) is 59.2 cm³/mol. The molecule has 2 fully saturated rings. The maximum Gasteiger partial charge on any atom is 0.0444 e. The van der Waals surface area contributed by atoms with Crippen molar-refractivity contribution < 1.29 is 0 Å². The van der Waals surface area contributed by atoms with Crippen LogP contribution in [0.1, 0.15) is 19.8 Å². The van der Waals surface area contributed by atoms with Gasteiger partial charge in [-0.1, -0.05) is 6.92 Å². The summed E-state index contributed by atoms with van der Waals surface area (Å²) in [6, 6.07) is 0. The van der Waals surface area contributed by atoms with Gasteiger partial charge in [-0.15, -0.1) is 0 Å². The second-order valence-corrected chi connectivity index (χ2v) is 5.33. The summed E-state index contributed by atoms with van der Waals surface area (Å²) in [5.41, 5.74) is 6.10. The molecule has 0 amide bonds. The number of nitrogens with zero attached hydrogens (tertiary/aromatic N) is 1. The normalized spacial score (nSPS) is 43.1. The van der Waals surface area contributed by atoms with E-state index in [0.717, 1.165) is 24.9 Å². The largest absolute Gasteiger partial charge is 0.329 e. The van der Waals surface area contributed by atoms with Crippen molar-refractivity contribution in [2.45, 2.75) is 25.3 Å². The molecule has 1 aliphatic carbocycles. The quantitative estimate of drug-likeness (QED) is 0.679. The molecule has 0 aromatic heterocycles. The van der Waals surface area contributed by atoms with Gasteiger partial charge in [-0.2, -0.15) is 0 Å². The molecule has 0 bridgehead atoms. The van der Waals surface area contributed by atoms with Gasteiger partial charge in [0.05, 0.1) is 0 Å². The first kappa shape index (κ1) is 10.4. The van der Waals surface area contributed by atoms with E-state index in [9.17, 15) is 0 Å². The summed E-state index contributed by atoms with van der Waals surface area (Å²) < 4.78 is 0. The number of likely N-dealkylation sites (tertiary alicyclic amines) is 1. The Balaban J connectivity index is 1.80. The molecule has 3 atom stereocenters. The summed E-state index contributed by atoms with van der Waals surface area (Å²) in [5.74, 6) is 1.86. The van der Waals surface area contributed by atoms with Crippen LogP contribution in [0.3, 0.4) is 0 Å². The fraction of sp³-hybridized carbons (Fsp3) is 1.00. The summed E-state index contributed by atoms with van der Waals surface area (Å²) in [6.45, 7) is 6.59. The zero-order valence-electron chi connectivity index (χ0n) is 9.42. The Morgan fingerprint density at radius 3 is 2.71 bits per heavy atom. The van der Waals surface area contributed by atoms with Crippen LogP contribution in [-0.2, 0) is 0 Å². The lowest BCUT2D eigenvalue weighted by atomic mass is 9.98. The second kappa shape index (κ2) is 3.80. The first-order valence-corrected chi connectivity index (χ1v) is 5.79. The van der Waals surface area contributed by atoms with Gasteiger partial charge in [0.1, 0.15) is 0 Å². The standard InChI is InChI=1S/C11H23N3/c1-9-5-10(9)6-13-11(7-12)3-4-14(2)8-11/h9-10,13H,3-8,12H2,1-2H3. The number of nitrogens with one attached hydrogen (secondary N) is 1. The van der Waals surface area contributed by atoms with E-state index >= 15 is 0 Å². The first-order chi connectivity index (χ1) is 6.65. The van der Waals surface area contributed by atoms with Crippen molar-refractivity contribution >= 4 is 0 Å². The highest BCUT2D eigenvalue weighted by Crippen LogP contribution is 2.37. The Morgan fingerprint density at radius 2 is 2.29 bits per heavy atom. The van der Waals surface area contributed by atoms with Gasteiger partial charge < -0.3 is 16.0 Å². The van der Waals surface area contributed by atoms with E-state index in [2.05, 4.69) is 24.2 Å². The van der Waals surface area contributed by atoms with Crippen LogP contribution >= 0.6 is 0 Å². The highest BCUT2D eigenvalue weighted by molar-refractivity contribution is 4.99. The molecule has 3 heteroatoms. The van der Waals surface area contributed by atoms with Gasteiger partial charge in [-0.25, -0.2) is 0 Å². The van der Waals surface area contributed by atoms with Crippen molar-refractivity contribution in [2.24, 2.45) is 17.6 Å². The molecule has 0 aromatic carbocycles. The van der Waals surface area contributed by atoms with Crippen molar-refractivity contribution in [3.63, 3.8) is 0 Å². The fourth-order valence-corrected chi connectivity index (χ4v) is 2.49. The van der Waals surface area contributed by atoms with E-state index in [-0.39, 0.29) is 5.54 Å². The number of hydrogen-bond donors (Lipinski definition) is 2. The summed E-state index contributed by atoms with van der Waals surface area (Å²) in [7, 11) is 2.18. The Morgan fingerprint density at radius 1 is 1.57 bits per heavy atom. The summed E-state index contributed by atoms with van der Waals surface area (Å²) in [6.07, 6.45) is 2.62. The number of hydrogen-bond acceptors (Lipinski definition) is 3. The molecule has 1 aliphatic heterocycles. The Hall–Kier alpha value is -0.120. The van der Waals surface area contributed by atoms with Crippen molar-refractivity contribution in [1.29, 1.82) is 0 Å². The molecular formula is C11H23N3. The van der Waals surface area contributed by atoms with Crippen LogP contribution < -0.4 is 11.1 Å². The topological polar surface area (TPSA) is 41.3 Å². The molecule has 1 saturated heterocycles. The molecule has 14 heavy (non-hydrogen) atoms. The minimum Gasteiger partial charge on any atom is -0.329 e. The van der Waals surface area contributed by atoms with Crippen LogP contribution in [0.15, 0.2) is 0 Å². The van der Waals surface area contributed by atoms with Crippen LogP contribution in [0.2, 0.25) is 0 Å². The SMILES string of the molecule is CC1CC1CNC1(CN)CCN(C)C1. The third kappa shape index (κ3) is 2.10. The van der Waals surface area contributed by atoms with E-state index in [4.69, 9.17) is 5.73 Å². The molecule has 0 radical (unpaired) electrons. The van der Waals surface area contributed by atoms with E-state index in [1.165, 1.54) is 25.9 Å². The molecule has 2 rings (SSSR count). The number of nitrogens with two attached hydrogens (primary N) is 1. The van der Waals surface area contributed by atoms with Crippen molar-refractivity contribution in [2.75, 3.05) is 33.2 Å². The maximum absolute atomic E-state index is 5.88. The van der Waals surface area contributed by atoms with Crippen LogP contribution in [-0.4, -0.2) is 43.7 Å². The molecular weight excluding hydrogens is 174 g/mol. The second-order valence-electron chi connectivity index (χ2n) is 5.33. The highest BCUT2D eigenvalue weighted by Gasteiger charge is 2.38. The Kier molecular flexibility index (Phi) is 2.82. The summed E-state index contributed by atoms with van der Waals surface area (Å²) >= 11 is 0. The van der Waals surface area contributed by atoms with Gasteiger partial charge in [0.2, 0.25) is 0 Å². The molecule has 0 spiro atoms. The minimum absolute atomic E-state index is 0.219. The lowest BCUT2D eigenvalue weighted by Crippen LogP contribution is -2.53. The van der Waals surface area contributed by atoms with Crippen LogP contribution in [0.5, 0.6) is 0 Å². The van der Waals surface area contributed by atoms with Crippen molar-refractivity contribution in [3.8, 4) is 0 Å².